The second-order valence-corrected chi connectivity index (χ2v) is 10.9. The molecule has 0 amide bonds. The first kappa shape index (κ1) is 26.5. The number of Topliss-reactive ketones (excluding diaryl/α,β-unsaturated/α-hetero) is 1. The van der Waals surface area contributed by atoms with E-state index in [-0.39, 0.29) is 30.1 Å². The molecule has 37 heavy (non-hydrogen) atoms. The van der Waals surface area contributed by atoms with E-state index in [0.29, 0.717) is 26.7 Å². The molecule has 0 saturated heterocycles. The number of aryl methyl sites for hydroxylation is 1. The fraction of sp³-hybridized carbons (Fsp3) is 0.423. The van der Waals surface area contributed by atoms with E-state index >= 15 is 0 Å². The van der Waals surface area contributed by atoms with Gasteiger partial charge in [0.15, 0.2) is 5.78 Å². The fourth-order valence-corrected chi connectivity index (χ4v) is 5.68. The Hall–Kier alpha value is -3.57. The summed E-state index contributed by atoms with van der Waals surface area (Å²) in [6, 6.07) is 7.00. The molecule has 0 aliphatic heterocycles. The van der Waals surface area contributed by atoms with Crippen molar-refractivity contribution in [2.45, 2.75) is 59.2 Å². The van der Waals surface area contributed by atoms with E-state index < -0.39 is 22.9 Å². The van der Waals surface area contributed by atoms with Crippen LogP contribution in [-0.4, -0.2) is 42.1 Å². The average Bonchev–Trinajstić information content (AvgIpc) is 3.49. The lowest BCUT2D eigenvalue weighted by atomic mass is 9.91. The van der Waals surface area contributed by atoms with Gasteiger partial charge in [-0.2, -0.15) is 10.2 Å². The van der Waals surface area contributed by atoms with Crippen molar-refractivity contribution in [3.63, 3.8) is 0 Å². The maximum atomic E-state index is 14.0. The number of ether oxygens (including phenoxy) is 1. The van der Waals surface area contributed by atoms with E-state index in [4.69, 9.17) is 4.74 Å². The minimum absolute atomic E-state index is 0.0566. The van der Waals surface area contributed by atoms with Crippen LogP contribution in [0.4, 0.5) is 0 Å². The average molecular weight is 526 g/mol. The number of fused-ring (bicyclic) bond motifs is 1. The van der Waals surface area contributed by atoms with Gasteiger partial charge in [-0.25, -0.2) is 9.36 Å². The van der Waals surface area contributed by atoms with E-state index in [1.54, 1.807) is 45.0 Å². The Labute approximate surface area is 217 Å². The van der Waals surface area contributed by atoms with Crippen LogP contribution in [0.15, 0.2) is 46.2 Å². The van der Waals surface area contributed by atoms with E-state index in [0.717, 1.165) is 4.57 Å². The van der Waals surface area contributed by atoms with Crippen LogP contribution >= 0.6 is 11.3 Å². The largest absolute Gasteiger partial charge is 0.496 e. The van der Waals surface area contributed by atoms with Gasteiger partial charge in [-0.1, -0.05) is 43.4 Å². The molecular weight excluding hydrogens is 494 g/mol. The number of rotatable bonds is 9. The lowest BCUT2D eigenvalue weighted by Gasteiger charge is -2.27. The number of aliphatic hydroxyl groups is 1. The maximum absolute atomic E-state index is 14.0. The van der Waals surface area contributed by atoms with Crippen molar-refractivity contribution in [1.82, 2.24) is 24.1 Å². The molecule has 4 aromatic rings. The number of benzene rings is 1. The van der Waals surface area contributed by atoms with Crippen molar-refractivity contribution >= 4 is 27.3 Å². The van der Waals surface area contributed by atoms with Crippen molar-refractivity contribution in [2.75, 3.05) is 7.11 Å². The first-order valence-electron chi connectivity index (χ1n) is 12.0. The van der Waals surface area contributed by atoms with Gasteiger partial charge < -0.3 is 9.84 Å². The molecule has 4 rings (SSSR count). The monoisotopic (exact) mass is 525 g/mol. The number of aromatic nitrogens is 5. The highest BCUT2D eigenvalue weighted by Gasteiger charge is 2.35. The zero-order valence-corrected chi connectivity index (χ0v) is 22.6. The molecule has 0 spiro atoms. The molecule has 3 aromatic heterocycles. The smallest absolute Gasteiger partial charge is 0.333 e. The summed E-state index contributed by atoms with van der Waals surface area (Å²) >= 11 is 1.18. The molecule has 0 radical (unpaired) electrons. The van der Waals surface area contributed by atoms with Crippen LogP contribution < -0.4 is 16.0 Å². The summed E-state index contributed by atoms with van der Waals surface area (Å²) in [5, 5.41) is 20.4. The highest BCUT2D eigenvalue weighted by Crippen LogP contribution is 2.33. The van der Waals surface area contributed by atoms with Crippen molar-refractivity contribution in [3.05, 3.63) is 68.6 Å². The summed E-state index contributed by atoms with van der Waals surface area (Å²) in [6.45, 7) is 8.60. The molecule has 0 saturated carbocycles. The number of thiophene rings is 1. The van der Waals surface area contributed by atoms with Crippen LogP contribution in [0.25, 0.3) is 15.2 Å². The molecule has 196 valence electrons. The number of carbonyl (C=O) groups excluding carboxylic acids is 1. The minimum atomic E-state index is -1.40. The minimum Gasteiger partial charge on any atom is -0.496 e. The van der Waals surface area contributed by atoms with Gasteiger partial charge in [-0.05, 0) is 32.8 Å². The van der Waals surface area contributed by atoms with Gasteiger partial charge in [-0.15, -0.1) is 4.80 Å². The second kappa shape index (κ2) is 10.1. The van der Waals surface area contributed by atoms with Crippen molar-refractivity contribution in [1.29, 1.82) is 0 Å². The summed E-state index contributed by atoms with van der Waals surface area (Å²) in [7, 11) is 1.50. The standard InChI is InChI=1S/C26H31N5O5S/c1-15(2)13-20(33)26(4,5)30-22(34)21-16(3)23(31-27-11-12-28-31)37-24(21)29(25(30)35)14-18(32)17-9-7-8-10-19(17)36-6/h7-12,15,18,32H,13-14H2,1-6H3/t18-/m0/s1. The molecule has 1 N–H and O–H groups in total. The van der Waals surface area contributed by atoms with Gasteiger partial charge in [0.1, 0.15) is 27.2 Å². The first-order valence-corrected chi connectivity index (χ1v) is 12.8. The number of aliphatic hydroxyl groups excluding tert-OH is 1. The Morgan fingerprint density at radius 3 is 2.43 bits per heavy atom. The zero-order valence-electron chi connectivity index (χ0n) is 21.8. The molecule has 0 unspecified atom stereocenters. The molecule has 10 nitrogen and oxygen atoms in total. The van der Waals surface area contributed by atoms with Crippen LogP contribution in [0.1, 0.15) is 51.3 Å². The lowest BCUT2D eigenvalue weighted by molar-refractivity contribution is -0.127. The normalized spacial score (nSPS) is 12.9. The summed E-state index contributed by atoms with van der Waals surface area (Å²) < 4.78 is 7.78. The van der Waals surface area contributed by atoms with Gasteiger partial charge in [0.05, 0.1) is 31.4 Å². The lowest BCUT2D eigenvalue weighted by Crippen LogP contribution is -2.53. The summed E-state index contributed by atoms with van der Waals surface area (Å²) in [4.78, 5) is 42.8. The third-order valence-electron chi connectivity index (χ3n) is 6.48. The molecule has 0 aliphatic rings. The SMILES string of the molecule is COc1ccccc1[C@@H](O)Cn1c(=O)n(C(C)(C)C(=O)CC(C)C)c(=O)c2c(C)c(-n3nccn3)sc21. The third kappa shape index (κ3) is 4.64. The number of methoxy groups -OCH3 is 1. The molecule has 0 aliphatic carbocycles. The predicted octanol–water partition coefficient (Wildman–Crippen LogP) is 3.21. The van der Waals surface area contributed by atoms with Gasteiger partial charge in [-0.3, -0.25) is 14.2 Å². The molecule has 11 heteroatoms. The summed E-state index contributed by atoms with van der Waals surface area (Å²) in [5.74, 6) is 0.310. The Morgan fingerprint density at radius 1 is 1.16 bits per heavy atom. The number of ketones is 1. The third-order valence-corrected chi connectivity index (χ3v) is 7.76. The van der Waals surface area contributed by atoms with Gasteiger partial charge >= 0.3 is 5.69 Å². The predicted molar refractivity (Wildman–Crippen MR) is 142 cm³/mol. The van der Waals surface area contributed by atoms with E-state index in [2.05, 4.69) is 10.2 Å². The van der Waals surface area contributed by atoms with Crippen molar-refractivity contribution in [3.8, 4) is 10.8 Å². The summed E-state index contributed by atoms with van der Waals surface area (Å²) in [5.41, 5.74) is -1.54. The molecular formula is C26H31N5O5S. The van der Waals surface area contributed by atoms with Gasteiger partial charge in [0.2, 0.25) is 0 Å². The fourth-order valence-electron chi connectivity index (χ4n) is 4.46. The number of nitrogens with zero attached hydrogens (tertiary/aromatic N) is 5. The Morgan fingerprint density at radius 2 is 1.81 bits per heavy atom. The highest BCUT2D eigenvalue weighted by molar-refractivity contribution is 7.21. The molecule has 3 heterocycles. The van der Waals surface area contributed by atoms with E-state index in [1.165, 1.54) is 40.2 Å². The maximum Gasteiger partial charge on any atom is 0.333 e. The van der Waals surface area contributed by atoms with E-state index in [9.17, 15) is 19.5 Å². The molecule has 0 bridgehead atoms. The molecule has 1 aromatic carbocycles. The summed E-state index contributed by atoms with van der Waals surface area (Å²) in [6.07, 6.45) is 2.14. The number of carbonyl (C=O) groups is 1. The Kier molecular flexibility index (Phi) is 7.20. The van der Waals surface area contributed by atoms with Crippen molar-refractivity contribution in [2.24, 2.45) is 5.92 Å². The number of para-hydroxylation sites is 1. The quantitative estimate of drug-likeness (QED) is 0.356. The van der Waals surface area contributed by atoms with Crippen LogP contribution in [0, 0.1) is 12.8 Å². The van der Waals surface area contributed by atoms with Crippen LogP contribution in [0.3, 0.4) is 0 Å². The van der Waals surface area contributed by atoms with Gasteiger partial charge in [0.25, 0.3) is 5.56 Å². The van der Waals surface area contributed by atoms with Crippen molar-refractivity contribution < 1.29 is 14.6 Å². The topological polar surface area (TPSA) is 121 Å². The van der Waals surface area contributed by atoms with Crippen LogP contribution in [0.2, 0.25) is 0 Å². The second-order valence-electron chi connectivity index (χ2n) is 9.90. The van der Waals surface area contributed by atoms with E-state index in [1.807, 2.05) is 13.8 Å². The van der Waals surface area contributed by atoms with Crippen LogP contribution in [-0.2, 0) is 16.9 Å². The Balaban J connectivity index is 2.00. The molecule has 0 fully saturated rings. The molecule has 1 atom stereocenters. The number of hydrogen-bond acceptors (Lipinski definition) is 8. The first-order chi connectivity index (χ1) is 17.5. The van der Waals surface area contributed by atoms with Gasteiger partial charge in [0, 0.05) is 17.5 Å². The van der Waals surface area contributed by atoms with Crippen LogP contribution in [0.5, 0.6) is 5.75 Å². The zero-order chi connectivity index (χ0) is 27.1. The highest BCUT2D eigenvalue weighted by atomic mass is 32.1. The number of hydrogen-bond donors (Lipinski definition) is 1. The Bertz CT molecular complexity index is 1560.